The summed E-state index contributed by atoms with van der Waals surface area (Å²) in [6.07, 6.45) is 3.75. The Hall–Kier alpha value is -3.67. The summed E-state index contributed by atoms with van der Waals surface area (Å²) in [4.78, 5) is 15.5. The number of primary amides is 1. The van der Waals surface area contributed by atoms with E-state index in [0.29, 0.717) is 0 Å². The zero-order valence-electron chi connectivity index (χ0n) is 14.4. The first-order valence-corrected chi connectivity index (χ1v) is 8.46. The minimum absolute atomic E-state index is 0.0810. The molecule has 3 N–H and O–H groups in total. The highest BCUT2D eigenvalue weighted by Gasteiger charge is 2.08. The fourth-order valence-corrected chi connectivity index (χ4v) is 2.99. The topological polar surface area (TPSA) is 72.4 Å². The molecule has 2 aromatic heterocycles. The summed E-state index contributed by atoms with van der Waals surface area (Å²) in [5.41, 5.74) is 10.6. The summed E-state index contributed by atoms with van der Waals surface area (Å²) in [5, 5.41) is 2.99. The van der Waals surface area contributed by atoms with Gasteiger partial charge in [-0.1, -0.05) is 24.3 Å². The quantitative estimate of drug-likeness (QED) is 0.570. The highest BCUT2D eigenvalue weighted by atomic mass is 19.1. The van der Waals surface area contributed by atoms with Gasteiger partial charge in [0.25, 0.3) is 0 Å². The molecule has 0 fully saturated rings. The number of nitrogens with zero attached hydrogens (tertiary/aromatic N) is 2. The summed E-state index contributed by atoms with van der Waals surface area (Å²) in [5.74, 6) is -0.670. The van der Waals surface area contributed by atoms with Crippen LogP contribution in [-0.2, 0) is 4.79 Å². The second-order valence-electron chi connectivity index (χ2n) is 6.19. The van der Waals surface area contributed by atoms with Crippen LogP contribution in [0.1, 0.15) is 0 Å². The predicted molar refractivity (Wildman–Crippen MR) is 104 cm³/mol. The smallest absolute Gasteiger partial charge is 0.236 e. The Morgan fingerprint density at radius 3 is 2.63 bits per heavy atom. The van der Waals surface area contributed by atoms with E-state index in [9.17, 15) is 9.18 Å². The fraction of sp³-hybridized carbons (Fsp3) is 0.0476. The number of imidazole rings is 1. The van der Waals surface area contributed by atoms with Gasteiger partial charge in [0.2, 0.25) is 5.91 Å². The van der Waals surface area contributed by atoms with E-state index >= 15 is 0 Å². The summed E-state index contributed by atoms with van der Waals surface area (Å²) >= 11 is 0. The van der Waals surface area contributed by atoms with Crippen molar-refractivity contribution < 1.29 is 9.18 Å². The lowest BCUT2D eigenvalue weighted by molar-refractivity contribution is -0.116. The number of benzene rings is 2. The molecule has 0 saturated heterocycles. The third-order valence-corrected chi connectivity index (χ3v) is 4.32. The Bertz CT molecular complexity index is 1120. The van der Waals surface area contributed by atoms with E-state index in [1.165, 1.54) is 12.1 Å². The van der Waals surface area contributed by atoms with Gasteiger partial charge in [-0.25, -0.2) is 9.37 Å². The van der Waals surface area contributed by atoms with Gasteiger partial charge in [-0.05, 0) is 47.5 Å². The third kappa shape index (κ3) is 3.50. The molecule has 0 bridgehead atoms. The molecule has 0 spiro atoms. The molecule has 5 nitrogen and oxygen atoms in total. The van der Waals surface area contributed by atoms with Gasteiger partial charge in [-0.15, -0.1) is 0 Å². The molecule has 4 aromatic rings. The Balaban J connectivity index is 1.68. The highest BCUT2D eigenvalue weighted by Crippen LogP contribution is 2.26. The van der Waals surface area contributed by atoms with E-state index in [1.54, 1.807) is 18.3 Å². The van der Waals surface area contributed by atoms with Crippen molar-refractivity contribution in [3.05, 3.63) is 78.9 Å². The second-order valence-corrected chi connectivity index (χ2v) is 6.19. The zero-order valence-corrected chi connectivity index (χ0v) is 14.4. The van der Waals surface area contributed by atoms with E-state index in [-0.39, 0.29) is 12.4 Å². The van der Waals surface area contributed by atoms with Crippen molar-refractivity contribution in [1.82, 2.24) is 9.38 Å². The Morgan fingerprint density at radius 1 is 1.04 bits per heavy atom. The first kappa shape index (κ1) is 16.8. The van der Waals surface area contributed by atoms with Gasteiger partial charge in [0.1, 0.15) is 11.5 Å². The largest absolute Gasteiger partial charge is 0.376 e. The summed E-state index contributed by atoms with van der Waals surface area (Å²) in [7, 11) is 0. The number of amides is 1. The number of hydrogen-bond acceptors (Lipinski definition) is 3. The number of carbonyl (C=O) groups excluding carboxylic acids is 1. The van der Waals surface area contributed by atoms with Crippen LogP contribution in [0.3, 0.4) is 0 Å². The van der Waals surface area contributed by atoms with Crippen LogP contribution in [0.15, 0.2) is 73.1 Å². The standard InChI is InChI=1S/C21H17FN4O/c22-17-6-4-14(5-7-17)15-8-9-26-19(12-25-21(26)11-15)16-2-1-3-18(10-16)24-13-20(23)27/h1-12,24H,13H2,(H2,23,27). The highest BCUT2D eigenvalue weighted by molar-refractivity contribution is 5.79. The van der Waals surface area contributed by atoms with E-state index in [1.807, 2.05) is 47.0 Å². The number of aromatic nitrogens is 2. The molecule has 134 valence electrons. The molecule has 0 aliphatic rings. The number of pyridine rings is 1. The number of carbonyl (C=O) groups is 1. The summed E-state index contributed by atoms with van der Waals surface area (Å²) < 4.78 is 15.1. The van der Waals surface area contributed by atoms with Crippen LogP contribution in [0.4, 0.5) is 10.1 Å². The summed E-state index contributed by atoms with van der Waals surface area (Å²) in [6.45, 7) is 0.0810. The first-order valence-electron chi connectivity index (χ1n) is 8.46. The number of nitrogens with two attached hydrogens (primary N) is 1. The Labute approximate surface area is 155 Å². The summed E-state index contributed by atoms with van der Waals surface area (Å²) in [6, 6.07) is 18.0. The molecule has 0 saturated carbocycles. The van der Waals surface area contributed by atoms with Gasteiger partial charge in [0.15, 0.2) is 0 Å². The predicted octanol–water partition coefficient (Wildman–Crippen LogP) is 3.70. The monoisotopic (exact) mass is 360 g/mol. The van der Waals surface area contributed by atoms with Crippen LogP contribution in [0, 0.1) is 5.82 Å². The third-order valence-electron chi connectivity index (χ3n) is 4.32. The van der Waals surface area contributed by atoms with Crippen LogP contribution in [-0.4, -0.2) is 21.8 Å². The molecule has 6 heteroatoms. The van der Waals surface area contributed by atoms with Crippen molar-refractivity contribution >= 4 is 17.2 Å². The maximum atomic E-state index is 13.1. The van der Waals surface area contributed by atoms with Crippen LogP contribution in [0.5, 0.6) is 0 Å². The second kappa shape index (κ2) is 6.92. The molecule has 2 heterocycles. The molecule has 0 radical (unpaired) electrons. The number of nitrogens with one attached hydrogen (secondary N) is 1. The van der Waals surface area contributed by atoms with Gasteiger partial charge in [0, 0.05) is 17.4 Å². The van der Waals surface area contributed by atoms with Crippen LogP contribution in [0.2, 0.25) is 0 Å². The SMILES string of the molecule is NC(=O)CNc1cccc(-c2cnc3cc(-c4ccc(F)cc4)ccn23)c1. The number of halogens is 1. The minimum atomic E-state index is -0.413. The lowest BCUT2D eigenvalue weighted by Crippen LogP contribution is -2.21. The zero-order chi connectivity index (χ0) is 18.8. The number of rotatable bonds is 5. The Kier molecular flexibility index (Phi) is 4.30. The molecule has 0 atom stereocenters. The van der Waals surface area contributed by atoms with Crippen molar-refractivity contribution in [2.24, 2.45) is 5.73 Å². The van der Waals surface area contributed by atoms with E-state index < -0.39 is 5.91 Å². The first-order chi connectivity index (χ1) is 13.1. The van der Waals surface area contributed by atoms with E-state index in [0.717, 1.165) is 33.7 Å². The van der Waals surface area contributed by atoms with Gasteiger partial charge in [-0.3, -0.25) is 9.20 Å². The van der Waals surface area contributed by atoms with Crippen molar-refractivity contribution in [1.29, 1.82) is 0 Å². The molecule has 2 aromatic carbocycles. The molecule has 4 rings (SSSR count). The Morgan fingerprint density at radius 2 is 1.85 bits per heavy atom. The average Bonchev–Trinajstić information content (AvgIpc) is 3.10. The average molecular weight is 360 g/mol. The van der Waals surface area contributed by atoms with Gasteiger partial charge >= 0.3 is 0 Å². The van der Waals surface area contributed by atoms with Crippen LogP contribution >= 0.6 is 0 Å². The number of anilines is 1. The van der Waals surface area contributed by atoms with Gasteiger partial charge in [-0.2, -0.15) is 0 Å². The lowest BCUT2D eigenvalue weighted by atomic mass is 10.1. The van der Waals surface area contributed by atoms with Crippen molar-refractivity contribution in [3.8, 4) is 22.4 Å². The van der Waals surface area contributed by atoms with Gasteiger partial charge in [0.05, 0.1) is 18.4 Å². The normalized spacial score (nSPS) is 10.9. The minimum Gasteiger partial charge on any atom is -0.376 e. The molecule has 0 aliphatic heterocycles. The van der Waals surface area contributed by atoms with Crippen LogP contribution < -0.4 is 11.1 Å². The van der Waals surface area contributed by atoms with Gasteiger partial charge < -0.3 is 11.1 Å². The maximum Gasteiger partial charge on any atom is 0.236 e. The van der Waals surface area contributed by atoms with E-state index in [4.69, 9.17) is 5.73 Å². The van der Waals surface area contributed by atoms with Crippen molar-refractivity contribution in [3.63, 3.8) is 0 Å². The fourth-order valence-electron chi connectivity index (χ4n) is 2.99. The molecule has 0 aliphatic carbocycles. The van der Waals surface area contributed by atoms with Crippen molar-refractivity contribution in [2.45, 2.75) is 0 Å². The van der Waals surface area contributed by atoms with Crippen molar-refractivity contribution in [2.75, 3.05) is 11.9 Å². The molecular formula is C21H17FN4O. The van der Waals surface area contributed by atoms with E-state index in [2.05, 4.69) is 10.3 Å². The molecule has 1 amide bonds. The number of fused-ring (bicyclic) bond motifs is 1. The molecule has 0 unspecified atom stereocenters. The molecular weight excluding hydrogens is 343 g/mol. The maximum absolute atomic E-state index is 13.1. The van der Waals surface area contributed by atoms with Crippen LogP contribution in [0.25, 0.3) is 28.0 Å². The molecule has 27 heavy (non-hydrogen) atoms. The lowest BCUT2D eigenvalue weighted by Gasteiger charge is -2.08. The number of hydrogen-bond donors (Lipinski definition) is 2.